The van der Waals surface area contributed by atoms with Gasteiger partial charge in [0.15, 0.2) is 0 Å². The van der Waals surface area contributed by atoms with Crippen LogP contribution in [-0.2, 0) is 23.0 Å². The van der Waals surface area contributed by atoms with Crippen LogP contribution < -0.4 is 9.64 Å². The lowest BCUT2D eigenvalue weighted by Gasteiger charge is -2.34. The van der Waals surface area contributed by atoms with E-state index in [4.69, 9.17) is 4.74 Å². The topological polar surface area (TPSA) is 49.8 Å². The zero-order valence-corrected chi connectivity index (χ0v) is 21.8. The van der Waals surface area contributed by atoms with Crippen molar-refractivity contribution < 1.29 is 54.2 Å². The van der Waals surface area contributed by atoms with E-state index < -0.39 is 58.9 Å². The third kappa shape index (κ3) is 5.92. The van der Waals surface area contributed by atoms with Gasteiger partial charge in [-0.1, -0.05) is 54.6 Å². The molecule has 1 aliphatic rings. The predicted octanol–water partition coefficient (Wildman–Crippen LogP) is 7.55. The predicted molar refractivity (Wildman–Crippen MR) is 134 cm³/mol. The Hall–Kier alpha value is -3.74. The number of hydrogen-bond donors (Lipinski definition) is 1. The van der Waals surface area contributed by atoms with E-state index in [0.717, 1.165) is 29.2 Å². The second-order valence-electron chi connectivity index (χ2n) is 9.90. The minimum Gasteiger partial charge on any atom is -0.488 e. The quantitative estimate of drug-likeness (QED) is 0.306. The van der Waals surface area contributed by atoms with Gasteiger partial charge in [0.25, 0.3) is 5.60 Å². The number of rotatable bonds is 5. The Morgan fingerprint density at radius 3 is 2.07 bits per heavy atom. The number of aryl methyl sites for hydroxylation is 1. The average Bonchev–Trinajstić information content (AvgIpc) is 3.10. The average molecular weight is 605 g/mol. The molecule has 42 heavy (non-hydrogen) atoms. The highest BCUT2D eigenvalue weighted by Crippen LogP contribution is 2.51. The summed E-state index contributed by atoms with van der Waals surface area (Å²) in [5.41, 5.74) is -7.45. The van der Waals surface area contributed by atoms with Crippen LogP contribution in [0, 0.1) is 0 Å². The van der Waals surface area contributed by atoms with E-state index in [-0.39, 0.29) is 30.6 Å². The Labute approximate surface area is 234 Å². The first kappa shape index (κ1) is 31.2. The Kier molecular flexibility index (Phi) is 8.29. The van der Waals surface area contributed by atoms with Crippen LogP contribution in [0.4, 0.5) is 45.2 Å². The van der Waals surface area contributed by atoms with Gasteiger partial charge in [-0.2, -0.15) is 39.5 Å². The minimum atomic E-state index is -6.13. The number of hydrogen-bond acceptors (Lipinski definition) is 3. The summed E-state index contributed by atoms with van der Waals surface area (Å²) in [4.78, 5) is 14.8. The van der Waals surface area contributed by atoms with Crippen molar-refractivity contribution in [1.82, 2.24) is 0 Å². The lowest BCUT2D eigenvalue weighted by Crippen LogP contribution is -2.54. The van der Waals surface area contributed by atoms with Crippen molar-refractivity contribution in [3.63, 3.8) is 0 Å². The summed E-state index contributed by atoms with van der Waals surface area (Å²) in [6.07, 6.45) is -18.6. The number of alkyl halides is 9. The van der Waals surface area contributed by atoms with Crippen LogP contribution in [0.1, 0.15) is 41.5 Å². The molecule has 0 radical (unpaired) electrons. The summed E-state index contributed by atoms with van der Waals surface area (Å²) < 4.78 is 128. The van der Waals surface area contributed by atoms with E-state index in [1.807, 2.05) is 0 Å². The van der Waals surface area contributed by atoms with Crippen LogP contribution in [0.15, 0.2) is 72.8 Å². The fraction of sp³-hybridized carbons (Fsp3) is 0.345. The molecule has 4 nitrogen and oxygen atoms in total. The van der Waals surface area contributed by atoms with Crippen LogP contribution in [0.25, 0.3) is 0 Å². The van der Waals surface area contributed by atoms with Gasteiger partial charge in [-0.25, -0.2) is 0 Å². The summed E-state index contributed by atoms with van der Waals surface area (Å²) >= 11 is 0. The van der Waals surface area contributed by atoms with Crippen molar-refractivity contribution in [3.8, 4) is 5.75 Å². The molecular formula is C29H24F9NO3. The Bertz CT molecular complexity index is 1400. The summed E-state index contributed by atoms with van der Waals surface area (Å²) in [5.74, 6) is -2.01. The largest absolute Gasteiger partial charge is 0.488 e. The molecule has 0 bridgehead atoms. The van der Waals surface area contributed by atoms with Crippen LogP contribution in [0.5, 0.6) is 5.75 Å². The first-order chi connectivity index (χ1) is 19.4. The number of anilines is 1. The number of ether oxygens (including phenoxy) is 1. The third-order valence-electron chi connectivity index (χ3n) is 7.15. The standard InChI is InChI=1S/C29H24F9NO3/c1-17(18-7-3-2-4-8-18)25(40)39-16-21(42-24-10-6-5-9-22(24)27(30,31)32)13-11-19-15-20(12-14-23(19)39)26(41,28(33,34)35)29(36,37)38/h2-10,12,14-15,17,21,41H,11,13,16H2,1H3/t17?,21-/m0/s1. The van der Waals surface area contributed by atoms with Gasteiger partial charge < -0.3 is 14.7 Å². The molecule has 2 atom stereocenters. The SMILES string of the molecule is CC(C(=O)N1C[C@@H](Oc2ccccc2C(F)(F)F)CCc2cc(C(O)(C(F)(F)F)C(F)(F)F)ccc21)c1ccccc1. The normalized spacial score (nSPS) is 17.3. The first-order valence-electron chi connectivity index (χ1n) is 12.6. The van der Waals surface area contributed by atoms with Gasteiger partial charge in [0, 0.05) is 11.3 Å². The van der Waals surface area contributed by atoms with Crippen LogP contribution in [-0.4, -0.2) is 36.0 Å². The maximum atomic E-state index is 13.7. The molecule has 0 spiro atoms. The van der Waals surface area contributed by atoms with Gasteiger partial charge in [0.2, 0.25) is 5.91 Å². The zero-order valence-electron chi connectivity index (χ0n) is 21.8. The Morgan fingerprint density at radius 1 is 0.881 bits per heavy atom. The molecule has 13 heteroatoms. The Morgan fingerprint density at radius 2 is 1.48 bits per heavy atom. The maximum absolute atomic E-state index is 13.7. The lowest BCUT2D eigenvalue weighted by molar-refractivity contribution is -0.376. The van der Waals surface area contributed by atoms with E-state index in [9.17, 15) is 49.4 Å². The number of amides is 1. The van der Waals surface area contributed by atoms with E-state index >= 15 is 0 Å². The highest BCUT2D eigenvalue weighted by Gasteiger charge is 2.71. The van der Waals surface area contributed by atoms with E-state index in [2.05, 4.69) is 0 Å². The molecule has 1 unspecified atom stereocenters. The van der Waals surface area contributed by atoms with Crippen molar-refractivity contribution in [2.24, 2.45) is 0 Å². The summed E-state index contributed by atoms with van der Waals surface area (Å²) in [6.45, 7) is 1.19. The van der Waals surface area contributed by atoms with Gasteiger partial charge in [-0.05, 0) is 49.1 Å². The summed E-state index contributed by atoms with van der Waals surface area (Å²) in [7, 11) is 0. The molecule has 4 rings (SSSR count). The molecular weight excluding hydrogens is 581 g/mol. The fourth-order valence-corrected chi connectivity index (χ4v) is 4.88. The van der Waals surface area contributed by atoms with Crippen molar-refractivity contribution >= 4 is 11.6 Å². The van der Waals surface area contributed by atoms with Crippen LogP contribution in [0.3, 0.4) is 0 Å². The molecule has 3 aromatic carbocycles. The smallest absolute Gasteiger partial charge is 0.430 e. The monoisotopic (exact) mass is 605 g/mol. The van der Waals surface area contributed by atoms with Crippen molar-refractivity contribution in [3.05, 3.63) is 95.1 Å². The van der Waals surface area contributed by atoms with Crippen molar-refractivity contribution in [2.75, 3.05) is 11.4 Å². The highest BCUT2D eigenvalue weighted by atomic mass is 19.4. The molecule has 0 saturated carbocycles. The molecule has 0 aliphatic carbocycles. The second-order valence-corrected chi connectivity index (χ2v) is 9.90. The first-order valence-corrected chi connectivity index (χ1v) is 12.6. The van der Waals surface area contributed by atoms with E-state index in [0.29, 0.717) is 17.7 Å². The molecule has 226 valence electrons. The summed E-state index contributed by atoms with van der Waals surface area (Å²) in [6, 6.07) is 14.5. The number of halogens is 9. The van der Waals surface area contributed by atoms with Crippen molar-refractivity contribution in [2.45, 2.75) is 55.9 Å². The molecule has 1 aliphatic heterocycles. The van der Waals surface area contributed by atoms with Crippen LogP contribution >= 0.6 is 0 Å². The van der Waals surface area contributed by atoms with Gasteiger partial charge in [0.05, 0.1) is 18.0 Å². The highest BCUT2D eigenvalue weighted by molar-refractivity contribution is 5.98. The number of benzene rings is 3. The lowest BCUT2D eigenvalue weighted by atomic mass is 9.89. The van der Waals surface area contributed by atoms with E-state index in [1.54, 1.807) is 30.3 Å². The molecule has 1 amide bonds. The van der Waals surface area contributed by atoms with Gasteiger partial charge in [-0.15, -0.1) is 0 Å². The maximum Gasteiger partial charge on any atom is 0.430 e. The number of para-hydroxylation sites is 1. The number of aliphatic hydroxyl groups is 1. The molecule has 1 N–H and O–H groups in total. The van der Waals surface area contributed by atoms with Crippen molar-refractivity contribution in [1.29, 1.82) is 0 Å². The van der Waals surface area contributed by atoms with Gasteiger partial charge in [-0.3, -0.25) is 4.79 Å². The van der Waals surface area contributed by atoms with Crippen LogP contribution in [0.2, 0.25) is 0 Å². The number of carbonyl (C=O) groups excluding carboxylic acids is 1. The molecule has 0 saturated heterocycles. The third-order valence-corrected chi connectivity index (χ3v) is 7.15. The van der Waals surface area contributed by atoms with Gasteiger partial charge >= 0.3 is 18.5 Å². The summed E-state index contributed by atoms with van der Waals surface area (Å²) in [5, 5.41) is 9.93. The second kappa shape index (κ2) is 11.2. The zero-order chi connectivity index (χ0) is 31.1. The molecule has 3 aromatic rings. The number of carbonyl (C=O) groups is 1. The molecule has 1 heterocycles. The van der Waals surface area contributed by atoms with E-state index in [1.165, 1.54) is 13.0 Å². The fourth-order valence-electron chi connectivity index (χ4n) is 4.88. The molecule has 0 aromatic heterocycles. The Balaban J connectivity index is 1.79. The van der Waals surface area contributed by atoms with Gasteiger partial charge in [0.1, 0.15) is 11.9 Å². The number of nitrogens with zero attached hydrogens (tertiary/aromatic N) is 1. The minimum absolute atomic E-state index is 0.0477. The molecule has 0 fully saturated rings. The number of fused-ring (bicyclic) bond motifs is 1.